The molecule has 0 spiro atoms. The van der Waals surface area contributed by atoms with Gasteiger partial charge in [-0.15, -0.1) is 0 Å². The van der Waals surface area contributed by atoms with E-state index >= 15 is 0 Å². The van der Waals surface area contributed by atoms with Crippen LogP contribution in [0.25, 0.3) is 0 Å². The minimum Gasteiger partial charge on any atom is -0.444 e. The van der Waals surface area contributed by atoms with E-state index in [0.717, 1.165) is 16.2 Å². The maximum absolute atomic E-state index is 14.3. The summed E-state index contributed by atoms with van der Waals surface area (Å²) in [6, 6.07) is 16.1. The van der Waals surface area contributed by atoms with E-state index in [2.05, 4.69) is 16.0 Å². The summed E-state index contributed by atoms with van der Waals surface area (Å²) >= 11 is 0. The number of hydrogen-bond donors (Lipinski definition) is 3. The molecule has 55 heavy (non-hydrogen) atoms. The predicted octanol–water partition coefficient (Wildman–Crippen LogP) is 4.97. The molecular formula is C42H63N5O8. The van der Waals surface area contributed by atoms with Gasteiger partial charge in [0.15, 0.2) is 0 Å². The fourth-order valence-electron chi connectivity index (χ4n) is 6.47. The van der Waals surface area contributed by atoms with Gasteiger partial charge in [-0.25, -0.2) is 9.86 Å². The lowest BCUT2D eigenvalue weighted by atomic mass is 9.89. The molecule has 2 aromatic carbocycles. The number of nitrogens with one attached hydrogen (secondary N) is 3. The van der Waals surface area contributed by atoms with Gasteiger partial charge in [0, 0.05) is 26.6 Å². The summed E-state index contributed by atoms with van der Waals surface area (Å²) in [6.07, 6.45) is 1.78. The Morgan fingerprint density at radius 1 is 0.782 bits per heavy atom. The molecule has 0 aromatic heterocycles. The molecule has 304 valence electrons. The second-order valence-corrected chi connectivity index (χ2v) is 16.3. The molecule has 0 unspecified atom stereocenters. The predicted molar refractivity (Wildman–Crippen MR) is 211 cm³/mol. The number of piperidine rings is 1. The zero-order valence-electron chi connectivity index (χ0n) is 34.2. The highest BCUT2D eigenvalue weighted by Crippen LogP contribution is 2.25. The van der Waals surface area contributed by atoms with Crippen LogP contribution in [0.4, 0.5) is 4.79 Å². The molecule has 5 amide bonds. The van der Waals surface area contributed by atoms with Crippen molar-refractivity contribution in [3.05, 3.63) is 71.8 Å². The molecule has 0 bridgehead atoms. The molecule has 1 fully saturated rings. The minimum atomic E-state index is -1.22. The molecule has 2 aromatic rings. The largest absolute Gasteiger partial charge is 0.444 e. The Morgan fingerprint density at radius 2 is 1.35 bits per heavy atom. The van der Waals surface area contributed by atoms with Crippen molar-refractivity contribution in [3.8, 4) is 0 Å². The second kappa shape index (κ2) is 21.0. The average molecular weight is 766 g/mol. The zero-order chi connectivity index (χ0) is 40.8. The van der Waals surface area contributed by atoms with Crippen LogP contribution < -0.4 is 16.0 Å². The standard InChI is InChI=1S/C42H63N5O8/c1-29(54-41(2,3)4)36(38(50)44-34(39(51)46(8)53-9)28-32-24-26-47(27-25-32)40(52)55-42(5,6)7)45-37(49)33(22-20-30-16-12-10-13-17-30)43-35(48)23-21-31-18-14-11-15-19-31/h10-19,29,32-34,36H,20-28H2,1-9H3,(H,43,48)(H,44,50)(H,45,49)/t29-,33+,34+,36+/m1/s1. The second-order valence-electron chi connectivity index (χ2n) is 16.3. The third-order valence-corrected chi connectivity index (χ3v) is 9.32. The quantitative estimate of drug-likeness (QED) is 0.191. The van der Waals surface area contributed by atoms with Crippen molar-refractivity contribution >= 4 is 29.7 Å². The summed E-state index contributed by atoms with van der Waals surface area (Å²) in [5.74, 6) is -1.91. The Kier molecular flexibility index (Phi) is 17.1. The lowest BCUT2D eigenvalue weighted by molar-refractivity contribution is -0.172. The molecule has 4 atom stereocenters. The summed E-state index contributed by atoms with van der Waals surface area (Å²) in [6.45, 7) is 13.6. The number of amides is 5. The summed E-state index contributed by atoms with van der Waals surface area (Å²) < 4.78 is 11.7. The lowest BCUT2D eigenvalue weighted by Crippen LogP contribution is -2.61. The molecule has 3 N–H and O–H groups in total. The van der Waals surface area contributed by atoms with Crippen LogP contribution in [0.2, 0.25) is 0 Å². The van der Waals surface area contributed by atoms with Crippen molar-refractivity contribution in [2.75, 3.05) is 27.2 Å². The van der Waals surface area contributed by atoms with Crippen molar-refractivity contribution in [1.82, 2.24) is 25.9 Å². The highest BCUT2D eigenvalue weighted by atomic mass is 16.7. The van der Waals surface area contributed by atoms with Gasteiger partial charge >= 0.3 is 6.09 Å². The monoisotopic (exact) mass is 765 g/mol. The molecule has 0 saturated carbocycles. The smallest absolute Gasteiger partial charge is 0.410 e. The van der Waals surface area contributed by atoms with Gasteiger partial charge in [0.05, 0.1) is 18.8 Å². The van der Waals surface area contributed by atoms with Gasteiger partial charge in [0.1, 0.15) is 23.7 Å². The van der Waals surface area contributed by atoms with Crippen molar-refractivity contribution in [1.29, 1.82) is 0 Å². The van der Waals surface area contributed by atoms with E-state index in [0.29, 0.717) is 38.8 Å². The van der Waals surface area contributed by atoms with Crippen molar-refractivity contribution in [3.63, 3.8) is 0 Å². The molecule has 13 heteroatoms. The van der Waals surface area contributed by atoms with Gasteiger partial charge in [-0.2, -0.15) is 0 Å². The Morgan fingerprint density at radius 3 is 1.87 bits per heavy atom. The van der Waals surface area contributed by atoms with E-state index in [1.807, 2.05) is 102 Å². The number of benzene rings is 2. The Bertz CT molecular complexity index is 1530. The Balaban J connectivity index is 1.81. The van der Waals surface area contributed by atoms with Gasteiger partial charge in [-0.05, 0) is 104 Å². The van der Waals surface area contributed by atoms with Crippen LogP contribution in [0.5, 0.6) is 0 Å². The number of likely N-dealkylation sites (tertiary alicyclic amines) is 1. The van der Waals surface area contributed by atoms with Crippen LogP contribution in [-0.2, 0) is 46.3 Å². The SMILES string of the molecule is CON(C)C(=O)[C@H](CC1CCN(C(=O)OC(C)(C)C)CC1)NC(=O)[C@@H](NC(=O)[C@H](CCc1ccccc1)NC(=O)CCc1ccccc1)[C@@H](C)OC(C)(C)C. The van der Waals surface area contributed by atoms with Crippen LogP contribution in [-0.4, -0.2) is 102 Å². The molecule has 1 heterocycles. The van der Waals surface area contributed by atoms with Gasteiger partial charge in [-0.3, -0.25) is 24.0 Å². The normalized spacial score (nSPS) is 15.9. The summed E-state index contributed by atoms with van der Waals surface area (Å²) in [5.41, 5.74) is 0.716. The van der Waals surface area contributed by atoms with Gasteiger partial charge in [-0.1, -0.05) is 60.7 Å². The van der Waals surface area contributed by atoms with E-state index in [1.54, 1.807) is 11.8 Å². The Labute approximate surface area is 327 Å². The molecular weight excluding hydrogens is 702 g/mol. The lowest BCUT2D eigenvalue weighted by Gasteiger charge is -2.36. The first-order chi connectivity index (χ1) is 25.8. The molecule has 1 aliphatic heterocycles. The fourth-order valence-corrected chi connectivity index (χ4v) is 6.47. The topological polar surface area (TPSA) is 156 Å². The number of hydroxylamine groups is 2. The van der Waals surface area contributed by atoms with Gasteiger partial charge in [0.2, 0.25) is 17.7 Å². The van der Waals surface area contributed by atoms with Crippen LogP contribution >= 0.6 is 0 Å². The van der Waals surface area contributed by atoms with E-state index in [4.69, 9.17) is 14.3 Å². The highest BCUT2D eigenvalue weighted by molar-refractivity contribution is 5.94. The van der Waals surface area contributed by atoms with Gasteiger partial charge < -0.3 is 30.3 Å². The number of ether oxygens (including phenoxy) is 2. The van der Waals surface area contributed by atoms with Crippen LogP contribution in [0.3, 0.4) is 0 Å². The third kappa shape index (κ3) is 16.0. The number of nitrogens with zero attached hydrogens (tertiary/aromatic N) is 2. The number of hydrogen-bond acceptors (Lipinski definition) is 8. The van der Waals surface area contributed by atoms with Crippen molar-refractivity contribution in [2.24, 2.45) is 5.92 Å². The minimum absolute atomic E-state index is 0.00273. The van der Waals surface area contributed by atoms with Crippen molar-refractivity contribution in [2.45, 2.75) is 129 Å². The van der Waals surface area contributed by atoms with E-state index in [-0.39, 0.29) is 37.2 Å². The first-order valence-corrected chi connectivity index (χ1v) is 19.3. The maximum Gasteiger partial charge on any atom is 0.410 e. The average Bonchev–Trinajstić information content (AvgIpc) is 3.13. The molecule has 0 aliphatic carbocycles. The zero-order valence-corrected chi connectivity index (χ0v) is 34.2. The highest BCUT2D eigenvalue weighted by Gasteiger charge is 2.37. The number of aryl methyl sites for hydroxylation is 2. The van der Waals surface area contributed by atoms with E-state index in [1.165, 1.54) is 14.2 Å². The maximum atomic E-state index is 14.3. The van der Waals surface area contributed by atoms with E-state index < -0.39 is 53.2 Å². The fraction of sp³-hybridized carbons (Fsp3) is 0.595. The van der Waals surface area contributed by atoms with E-state index in [9.17, 15) is 24.0 Å². The third-order valence-electron chi connectivity index (χ3n) is 9.32. The molecule has 1 saturated heterocycles. The number of carbonyl (C=O) groups excluding carboxylic acids is 5. The molecule has 1 aliphatic rings. The molecule has 0 radical (unpaired) electrons. The molecule has 13 nitrogen and oxygen atoms in total. The van der Waals surface area contributed by atoms with Gasteiger partial charge in [0.25, 0.3) is 5.91 Å². The Hall–Kier alpha value is -4.49. The summed E-state index contributed by atoms with van der Waals surface area (Å²) in [7, 11) is 2.83. The number of carbonyl (C=O) groups is 5. The summed E-state index contributed by atoms with van der Waals surface area (Å²) in [5, 5.41) is 9.75. The molecule has 3 rings (SSSR count). The van der Waals surface area contributed by atoms with Crippen LogP contribution in [0, 0.1) is 5.92 Å². The number of likely N-dealkylation sites (N-methyl/N-ethyl adjacent to an activating group) is 1. The van der Waals surface area contributed by atoms with Crippen molar-refractivity contribution < 1.29 is 38.3 Å². The first-order valence-electron chi connectivity index (χ1n) is 19.3. The number of rotatable bonds is 17. The van der Waals surface area contributed by atoms with Crippen LogP contribution in [0.1, 0.15) is 91.7 Å². The first kappa shape index (κ1) is 44.9. The van der Waals surface area contributed by atoms with Crippen LogP contribution in [0.15, 0.2) is 60.7 Å². The summed E-state index contributed by atoms with van der Waals surface area (Å²) in [4.78, 5) is 74.7.